The molecule has 9 nitrogen and oxygen atoms in total. The first kappa shape index (κ1) is 10.2. The molecule has 2 N–H and O–H groups in total. The molecule has 2 rings (SSSR count). The van der Waals surface area contributed by atoms with Crippen molar-refractivity contribution in [1.29, 1.82) is 0 Å². The highest BCUT2D eigenvalue weighted by molar-refractivity contribution is 5.89. The SMILES string of the molecule is Cn1cnc(CCNC(=O)c2nn[nH]n2)n1. The first-order valence-electron chi connectivity index (χ1n) is 4.62. The molecule has 0 aromatic carbocycles. The Bertz CT molecular complexity index is 460. The highest BCUT2D eigenvalue weighted by Gasteiger charge is 2.09. The van der Waals surface area contributed by atoms with Crippen LogP contribution in [0, 0.1) is 0 Å². The Morgan fingerprint density at radius 3 is 3.12 bits per heavy atom. The van der Waals surface area contributed by atoms with Crippen LogP contribution in [0.25, 0.3) is 0 Å². The maximum atomic E-state index is 11.4. The fraction of sp³-hybridized carbons (Fsp3) is 0.429. The number of hydrogen-bond acceptors (Lipinski definition) is 6. The molecule has 9 heteroatoms. The van der Waals surface area contributed by atoms with Crippen LogP contribution in [0.15, 0.2) is 6.33 Å². The van der Waals surface area contributed by atoms with Crippen molar-refractivity contribution < 1.29 is 4.79 Å². The number of rotatable bonds is 4. The highest BCUT2D eigenvalue weighted by atomic mass is 16.2. The summed E-state index contributed by atoms with van der Waals surface area (Å²) >= 11 is 0. The summed E-state index contributed by atoms with van der Waals surface area (Å²) in [6, 6.07) is 0. The maximum Gasteiger partial charge on any atom is 0.292 e. The van der Waals surface area contributed by atoms with Gasteiger partial charge in [0, 0.05) is 20.0 Å². The molecule has 0 fully saturated rings. The van der Waals surface area contributed by atoms with Crippen LogP contribution in [0.2, 0.25) is 0 Å². The summed E-state index contributed by atoms with van der Waals surface area (Å²) in [5.74, 6) is 0.328. The van der Waals surface area contributed by atoms with E-state index in [1.54, 1.807) is 18.1 Å². The van der Waals surface area contributed by atoms with Gasteiger partial charge in [-0.05, 0) is 5.21 Å². The number of carbonyl (C=O) groups is 1. The van der Waals surface area contributed by atoms with E-state index in [1.807, 2.05) is 0 Å². The normalized spacial score (nSPS) is 10.3. The van der Waals surface area contributed by atoms with Crippen molar-refractivity contribution >= 4 is 5.91 Å². The number of nitrogens with one attached hydrogen (secondary N) is 2. The lowest BCUT2D eigenvalue weighted by Crippen LogP contribution is -2.27. The predicted molar refractivity (Wildman–Crippen MR) is 51.2 cm³/mol. The Labute approximate surface area is 90.3 Å². The Morgan fingerprint density at radius 2 is 2.50 bits per heavy atom. The van der Waals surface area contributed by atoms with Gasteiger partial charge in [0.2, 0.25) is 0 Å². The van der Waals surface area contributed by atoms with Gasteiger partial charge in [-0.2, -0.15) is 10.3 Å². The molecule has 0 aliphatic rings. The van der Waals surface area contributed by atoms with E-state index in [0.717, 1.165) is 0 Å². The first-order chi connectivity index (χ1) is 7.75. The maximum absolute atomic E-state index is 11.4. The van der Waals surface area contributed by atoms with Crippen molar-refractivity contribution in [2.45, 2.75) is 6.42 Å². The van der Waals surface area contributed by atoms with E-state index in [-0.39, 0.29) is 11.7 Å². The van der Waals surface area contributed by atoms with Gasteiger partial charge in [-0.25, -0.2) is 4.98 Å². The van der Waals surface area contributed by atoms with Crippen LogP contribution in [0.5, 0.6) is 0 Å². The Morgan fingerprint density at radius 1 is 1.62 bits per heavy atom. The monoisotopic (exact) mass is 222 g/mol. The van der Waals surface area contributed by atoms with Gasteiger partial charge in [-0.15, -0.1) is 10.2 Å². The summed E-state index contributed by atoms with van der Waals surface area (Å²) in [7, 11) is 1.79. The largest absolute Gasteiger partial charge is 0.349 e. The summed E-state index contributed by atoms with van der Waals surface area (Å²) in [5, 5.41) is 19.3. The fourth-order valence-electron chi connectivity index (χ4n) is 1.12. The van der Waals surface area contributed by atoms with Crippen molar-refractivity contribution in [2.24, 2.45) is 7.05 Å². The summed E-state index contributed by atoms with van der Waals surface area (Å²) in [5.41, 5.74) is 0. The Balaban J connectivity index is 1.78. The van der Waals surface area contributed by atoms with Gasteiger partial charge in [0.05, 0.1) is 0 Å². The molecular formula is C7H10N8O. The zero-order valence-corrected chi connectivity index (χ0v) is 8.58. The van der Waals surface area contributed by atoms with Crippen molar-refractivity contribution in [3.8, 4) is 0 Å². The zero-order valence-electron chi connectivity index (χ0n) is 8.58. The fourth-order valence-corrected chi connectivity index (χ4v) is 1.12. The van der Waals surface area contributed by atoms with E-state index in [4.69, 9.17) is 0 Å². The number of aryl methyl sites for hydroxylation is 1. The quantitative estimate of drug-likeness (QED) is 0.637. The number of aromatic nitrogens is 7. The number of aromatic amines is 1. The number of H-pyrrole nitrogens is 1. The van der Waals surface area contributed by atoms with E-state index < -0.39 is 0 Å². The molecule has 16 heavy (non-hydrogen) atoms. The van der Waals surface area contributed by atoms with E-state index in [1.165, 1.54) is 0 Å². The second kappa shape index (κ2) is 4.47. The molecule has 0 bridgehead atoms. The van der Waals surface area contributed by atoms with Crippen LogP contribution in [-0.4, -0.2) is 47.8 Å². The molecule has 2 aromatic heterocycles. The van der Waals surface area contributed by atoms with Crippen molar-refractivity contribution in [3.05, 3.63) is 18.0 Å². The molecular weight excluding hydrogens is 212 g/mol. The second-order valence-corrected chi connectivity index (χ2v) is 3.08. The van der Waals surface area contributed by atoms with Crippen molar-refractivity contribution in [1.82, 2.24) is 40.7 Å². The lowest BCUT2D eigenvalue weighted by Gasteiger charge is -1.98. The van der Waals surface area contributed by atoms with Crippen LogP contribution in [-0.2, 0) is 13.5 Å². The number of hydrogen-bond donors (Lipinski definition) is 2. The van der Waals surface area contributed by atoms with Gasteiger partial charge in [0.25, 0.3) is 11.7 Å². The summed E-state index contributed by atoms with van der Waals surface area (Å²) in [6.45, 7) is 0.428. The van der Waals surface area contributed by atoms with Gasteiger partial charge in [-0.3, -0.25) is 9.48 Å². The minimum Gasteiger partial charge on any atom is -0.349 e. The summed E-state index contributed by atoms with van der Waals surface area (Å²) in [4.78, 5) is 15.4. The van der Waals surface area contributed by atoms with Gasteiger partial charge in [0.1, 0.15) is 6.33 Å². The van der Waals surface area contributed by atoms with Crippen LogP contribution >= 0.6 is 0 Å². The van der Waals surface area contributed by atoms with Crippen LogP contribution in [0.3, 0.4) is 0 Å². The minimum atomic E-state index is -0.371. The number of amides is 1. The van der Waals surface area contributed by atoms with Crippen LogP contribution in [0.4, 0.5) is 0 Å². The topological polar surface area (TPSA) is 114 Å². The third kappa shape index (κ3) is 2.38. The highest BCUT2D eigenvalue weighted by Crippen LogP contribution is 1.89. The van der Waals surface area contributed by atoms with E-state index in [2.05, 4.69) is 36.0 Å². The molecule has 0 saturated carbocycles. The molecule has 2 heterocycles. The standard InChI is InChI=1S/C7H10N8O/c1-15-4-9-5(12-15)2-3-8-7(16)6-10-13-14-11-6/h4H,2-3H2,1H3,(H,8,16)(H,10,11,13,14). The summed E-state index contributed by atoms with van der Waals surface area (Å²) in [6.07, 6.45) is 2.17. The lowest BCUT2D eigenvalue weighted by atomic mass is 10.4. The number of tetrazole rings is 1. The number of carbonyl (C=O) groups excluding carboxylic acids is 1. The molecule has 0 atom stereocenters. The van der Waals surface area contributed by atoms with Gasteiger partial charge < -0.3 is 5.32 Å². The second-order valence-electron chi connectivity index (χ2n) is 3.08. The van der Waals surface area contributed by atoms with Crippen LogP contribution in [0.1, 0.15) is 16.4 Å². The van der Waals surface area contributed by atoms with Gasteiger partial charge in [0.15, 0.2) is 5.82 Å². The molecule has 2 aromatic rings. The van der Waals surface area contributed by atoms with Crippen molar-refractivity contribution in [3.63, 3.8) is 0 Å². The molecule has 0 spiro atoms. The van der Waals surface area contributed by atoms with Crippen molar-refractivity contribution in [2.75, 3.05) is 6.54 Å². The molecule has 0 saturated heterocycles. The van der Waals surface area contributed by atoms with E-state index >= 15 is 0 Å². The Kier molecular flexibility index (Phi) is 2.85. The molecule has 0 aliphatic heterocycles. The van der Waals surface area contributed by atoms with Gasteiger partial charge in [-0.1, -0.05) is 0 Å². The van der Waals surface area contributed by atoms with Crippen LogP contribution < -0.4 is 5.32 Å². The molecule has 0 aliphatic carbocycles. The third-order valence-electron chi connectivity index (χ3n) is 1.83. The smallest absolute Gasteiger partial charge is 0.292 e. The lowest BCUT2D eigenvalue weighted by molar-refractivity contribution is 0.0943. The van der Waals surface area contributed by atoms with E-state index in [9.17, 15) is 4.79 Å². The molecule has 1 amide bonds. The average molecular weight is 222 g/mol. The zero-order chi connectivity index (χ0) is 11.4. The van der Waals surface area contributed by atoms with Gasteiger partial charge >= 0.3 is 0 Å². The third-order valence-corrected chi connectivity index (χ3v) is 1.83. The molecule has 0 radical (unpaired) electrons. The average Bonchev–Trinajstić information content (AvgIpc) is 2.89. The minimum absolute atomic E-state index is 0.0222. The first-order valence-corrected chi connectivity index (χ1v) is 4.62. The predicted octanol–water partition coefficient (Wildman–Crippen LogP) is -1.70. The molecule has 0 unspecified atom stereocenters. The van der Waals surface area contributed by atoms with E-state index in [0.29, 0.717) is 18.8 Å². The number of nitrogens with zero attached hydrogens (tertiary/aromatic N) is 6. The molecule has 84 valence electrons. The Hall–Kier alpha value is -2.32. The summed E-state index contributed by atoms with van der Waals surface area (Å²) < 4.78 is 1.61.